The number of hydrogen-bond acceptors (Lipinski definition) is 12. The molecule has 2 N–H and O–H groups in total. The van der Waals surface area contributed by atoms with Crippen molar-refractivity contribution in [2.75, 3.05) is 0 Å². The van der Waals surface area contributed by atoms with Crippen LogP contribution in [0, 0.1) is 20.8 Å². The van der Waals surface area contributed by atoms with Crippen molar-refractivity contribution in [1.82, 2.24) is 0 Å². The normalized spacial score (nSPS) is 9.42. The number of rotatable bonds is 9. The van der Waals surface area contributed by atoms with E-state index in [1.165, 1.54) is 32.9 Å². The van der Waals surface area contributed by atoms with Crippen LogP contribution >= 0.6 is 11.6 Å². The van der Waals surface area contributed by atoms with Gasteiger partial charge in [0, 0.05) is 33.6 Å². The molecule has 14 nitrogen and oxygen atoms in total. The van der Waals surface area contributed by atoms with Gasteiger partial charge in [-0.3, -0.25) is 19.2 Å². The largest absolute Gasteiger partial charge is 0.475 e. The Morgan fingerprint density at radius 3 is 1.07 bits per heavy atom. The van der Waals surface area contributed by atoms with Crippen LogP contribution in [0.4, 0.5) is 0 Å². The summed E-state index contributed by atoms with van der Waals surface area (Å²) in [6, 6.07) is 19.9. The summed E-state index contributed by atoms with van der Waals surface area (Å²) >= 11 is 5.44. The van der Waals surface area contributed by atoms with Crippen molar-refractivity contribution in [2.24, 2.45) is 0 Å². The Balaban J connectivity index is 0.000000660. The maximum absolute atomic E-state index is 10.6. The van der Waals surface area contributed by atoms with E-state index in [2.05, 4.69) is 18.3 Å². The van der Waals surface area contributed by atoms with Crippen LogP contribution in [-0.2, 0) is 18.7 Å². The molecule has 0 amide bonds. The van der Waals surface area contributed by atoms with Crippen LogP contribution in [0.25, 0.3) is 0 Å². The number of carbonyl (C=O) groups is 6. The second-order valence-electron chi connectivity index (χ2n) is 11.3. The fourth-order valence-electron chi connectivity index (χ4n) is 3.79. The molecule has 0 aliphatic heterocycles. The van der Waals surface area contributed by atoms with Gasteiger partial charge in [0.05, 0.1) is 5.88 Å². The molecule has 0 aliphatic carbocycles. The number of carbonyl (C=O) groups excluding carboxylic acids is 4. The molecule has 0 unspecified atom stereocenters. The van der Waals surface area contributed by atoms with Gasteiger partial charge in [0.1, 0.15) is 34.6 Å². The number of hydrogen-bond donors (Lipinski definition) is 2. The smallest absolute Gasteiger partial charge is 0.371 e. The van der Waals surface area contributed by atoms with E-state index in [1.807, 2.05) is 45.0 Å². The molecule has 0 bridgehead atoms. The predicted molar refractivity (Wildman–Crippen MR) is 211 cm³/mol. The Morgan fingerprint density at radius 2 is 0.860 bits per heavy atom. The fourth-order valence-corrected chi connectivity index (χ4v) is 3.93. The maximum Gasteiger partial charge on any atom is 0.371 e. The van der Waals surface area contributed by atoms with E-state index in [-0.39, 0.29) is 47.8 Å². The molecular weight excluding hydrogens is 764 g/mol. The molecule has 0 aromatic carbocycles. The number of aryl methyl sites for hydroxylation is 5. The lowest BCUT2D eigenvalue weighted by molar-refractivity contribution is 0.0630. The van der Waals surface area contributed by atoms with E-state index in [4.69, 9.17) is 43.9 Å². The molecule has 57 heavy (non-hydrogen) atoms. The van der Waals surface area contributed by atoms with Gasteiger partial charge in [0.15, 0.2) is 46.7 Å². The van der Waals surface area contributed by atoms with Crippen LogP contribution in [0.2, 0.25) is 0 Å². The zero-order valence-corrected chi connectivity index (χ0v) is 33.1. The van der Waals surface area contributed by atoms with Gasteiger partial charge in [-0.1, -0.05) is 21.3 Å². The van der Waals surface area contributed by atoms with Crippen LogP contribution in [0.5, 0.6) is 0 Å². The van der Waals surface area contributed by atoms with E-state index in [9.17, 15) is 28.8 Å². The van der Waals surface area contributed by atoms with Gasteiger partial charge in [-0.2, -0.15) is 0 Å². The lowest BCUT2D eigenvalue weighted by atomic mass is 10.3. The number of aldehydes is 1. The van der Waals surface area contributed by atoms with Gasteiger partial charge in [-0.25, -0.2) is 9.59 Å². The summed E-state index contributed by atoms with van der Waals surface area (Å²) < 4.78 is 29.7. The first-order valence-electron chi connectivity index (χ1n) is 16.9. The van der Waals surface area contributed by atoms with Crippen molar-refractivity contribution in [3.05, 3.63) is 142 Å². The minimum atomic E-state index is -1.28. The summed E-state index contributed by atoms with van der Waals surface area (Å²) in [7, 11) is 0. The number of furan rings is 6. The second-order valence-corrected chi connectivity index (χ2v) is 11.6. The van der Waals surface area contributed by atoms with Crippen LogP contribution < -0.4 is 0 Å². The minimum Gasteiger partial charge on any atom is -0.475 e. The van der Waals surface area contributed by atoms with Gasteiger partial charge in [0.25, 0.3) is 0 Å². The third-order valence-corrected chi connectivity index (χ3v) is 6.90. The van der Waals surface area contributed by atoms with Crippen LogP contribution in [0.15, 0.2) is 99.3 Å². The number of halogens is 1. The molecule has 0 aliphatic rings. The van der Waals surface area contributed by atoms with Crippen LogP contribution in [0.3, 0.4) is 0 Å². The van der Waals surface area contributed by atoms with Gasteiger partial charge in [-0.05, 0) is 93.6 Å². The fraction of sp³-hybridized carbons (Fsp3) is 0.286. The number of carboxylic acid groups (broad SMARTS) is 2. The summed E-state index contributed by atoms with van der Waals surface area (Å²) in [4.78, 5) is 62.1. The lowest BCUT2D eigenvalue weighted by Gasteiger charge is -1.85. The Bertz CT molecular complexity index is 2060. The van der Waals surface area contributed by atoms with E-state index >= 15 is 0 Å². The molecule has 15 heteroatoms. The first kappa shape index (κ1) is 50.6. The number of alkyl halides is 1. The highest BCUT2D eigenvalue weighted by molar-refractivity contribution is 6.16. The molecule has 6 aromatic heterocycles. The minimum absolute atomic E-state index is 0. The third-order valence-electron chi connectivity index (χ3n) is 6.63. The average Bonchev–Trinajstić information content (AvgIpc) is 4.02. The zero-order valence-electron chi connectivity index (χ0n) is 32.3. The first-order chi connectivity index (χ1) is 26.4. The van der Waals surface area contributed by atoms with Gasteiger partial charge >= 0.3 is 11.9 Å². The van der Waals surface area contributed by atoms with Crippen molar-refractivity contribution in [1.29, 1.82) is 0 Å². The molecule has 0 saturated carbocycles. The van der Waals surface area contributed by atoms with Gasteiger partial charge in [-0.15, -0.1) is 11.6 Å². The molecule has 6 rings (SSSR count). The second kappa shape index (κ2) is 26.4. The standard InChI is InChI=1S/C7H7ClO2.C7H6O3.C7H8O2.2C7H10O.C6H4O5.CH4/c2*1-5(9)7-3-2-6(4-8)10-7;1-5-3-4-7(9-5)6(2)8;2*1-3-7-5-4-6(2)8-7;7-5(8)3-1-2-4(11-3)6(9)10;/h2-3H,4H2,1H3;2-4H,1H3;3-4H,1-2H3;2*4-5H,3H2,1-2H3;1-2H,(H,7,8)(H,9,10);1H4. The summed E-state index contributed by atoms with van der Waals surface area (Å²) in [5.74, 6) is 3.51. The van der Waals surface area contributed by atoms with E-state index in [0.29, 0.717) is 29.4 Å². The molecule has 0 spiro atoms. The summed E-state index contributed by atoms with van der Waals surface area (Å²) in [5, 5.41) is 16.6. The lowest BCUT2D eigenvalue weighted by Crippen LogP contribution is -1.94. The van der Waals surface area contributed by atoms with Gasteiger partial charge in [0.2, 0.25) is 11.5 Å². The number of carboxylic acids is 2. The number of ketones is 3. The highest BCUT2D eigenvalue weighted by Gasteiger charge is 2.13. The molecule has 6 heterocycles. The molecule has 0 saturated heterocycles. The number of Topliss-reactive ketones (excluding diaryl/α,β-unsaturated/α-hetero) is 3. The molecular formula is C42H49ClO14. The maximum atomic E-state index is 10.6. The quantitative estimate of drug-likeness (QED) is 0.0787. The molecule has 0 atom stereocenters. The summed E-state index contributed by atoms with van der Waals surface area (Å²) in [6.07, 6.45) is 2.55. The molecule has 308 valence electrons. The van der Waals surface area contributed by atoms with Crippen molar-refractivity contribution in [3.8, 4) is 0 Å². The molecule has 0 radical (unpaired) electrons. The van der Waals surface area contributed by atoms with Crippen molar-refractivity contribution in [2.45, 2.75) is 81.5 Å². The predicted octanol–water partition coefficient (Wildman–Crippen LogP) is 10.9. The Hall–Kier alpha value is -6.41. The summed E-state index contributed by atoms with van der Waals surface area (Å²) in [6.45, 7) is 14.2. The topological polar surface area (TPSA) is 222 Å². The highest BCUT2D eigenvalue weighted by atomic mass is 35.5. The van der Waals surface area contributed by atoms with Gasteiger partial charge < -0.3 is 36.7 Å². The van der Waals surface area contributed by atoms with Crippen LogP contribution in [0.1, 0.15) is 140 Å². The molecule has 0 fully saturated rings. The zero-order chi connectivity index (χ0) is 42.4. The highest BCUT2D eigenvalue weighted by Crippen LogP contribution is 2.11. The van der Waals surface area contributed by atoms with Crippen molar-refractivity contribution in [3.63, 3.8) is 0 Å². The molecule has 6 aromatic rings. The first-order valence-corrected chi connectivity index (χ1v) is 17.4. The Labute approximate surface area is 335 Å². The van der Waals surface area contributed by atoms with Crippen molar-refractivity contribution >= 4 is 47.2 Å². The third kappa shape index (κ3) is 19.7. The monoisotopic (exact) mass is 812 g/mol. The SMILES string of the molecule is C.CC(=O)c1ccc(C)o1.CC(=O)c1ccc(C=O)o1.CC(=O)c1ccc(CCl)o1.CCc1ccc(C)o1.CCc1ccc(C)o1.O=C(O)c1ccc(C(=O)O)o1. The van der Waals surface area contributed by atoms with Crippen molar-refractivity contribution < 1.29 is 65.5 Å². The van der Waals surface area contributed by atoms with E-state index < -0.39 is 11.9 Å². The average molecular weight is 813 g/mol. The van der Waals surface area contributed by atoms with E-state index in [1.54, 1.807) is 24.3 Å². The van der Waals surface area contributed by atoms with Crippen LogP contribution in [-0.4, -0.2) is 45.8 Å². The Morgan fingerprint density at radius 1 is 0.509 bits per heavy atom. The Kier molecular flexibility index (Phi) is 23.4. The van der Waals surface area contributed by atoms with E-state index in [0.717, 1.165) is 53.8 Å². The number of aromatic carboxylic acids is 2. The summed E-state index contributed by atoms with van der Waals surface area (Å²) in [5.41, 5.74) is 0.